The van der Waals surface area contributed by atoms with Gasteiger partial charge in [0.05, 0.1) is 12.2 Å². The third kappa shape index (κ3) is 3.82. The van der Waals surface area contributed by atoms with E-state index in [1.807, 2.05) is 46.8 Å². The molecule has 7 nitrogen and oxygen atoms in total. The van der Waals surface area contributed by atoms with E-state index in [-0.39, 0.29) is 18.5 Å². The zero-order chi connectivity index (χ0) is 19.9. The summed E-state index contributed by atoms with van der Waals surface area (Å²) in [6.45, 7) is 10.2. The minimum absolute atomic E-state index is 0.270. The summed E-state index contributed by atoms with van der Waals surface area (Å²) in [6.07, 6.45) is 0.155. The fourth-order valence-electron chi connectivity index (χ4n) is 3.05. The van der Waals surface area contributed by atoms with E-state index in [2.05, 4.69) is 5.10 Å². The first-order valence-electron chi connectivity index (χ1n) is 9.03. The second-order valence-electron chi connectivity index (χ2n) is 7.98. The molecule has 0 saturated carbocycles. The number of nitrogens with zero attached hydrogens (tertiary/aromatic N) is 3. The number of ether oxygens (including phenoxy) is 1. The van der Waals surface area contributed by atoms with Crippen molar-refractivity contribution >= 4 is 17.8 Å². The first-order valence-corrected chi connectivity index (χ1v) is 9.03. The van der Waals surface area contributed by atoms with Crippen LogP contribution in [0, 0.1) is 13.8 Å². The maximum atomic E-state index is 12.9. The first-order chi connectivity index (χ1) is 12.6. The molecule has 2 aromatic rings. The summed E-state index contributed by atoms with van der Waals surface area (Å²) in [5.74, 6) is 0.0749. The maximum absolute atomic E-state index is 12.9. The average Bonchev–Trinajstić information content (AvgIpc) is 2.91. The highest BCUT2D eigenvalue weighted by Crippen LogP contribution is 2.26. The van der Waals surface area contributed by atoms with E-state index in [9.17, 15) is 9.59 Å². The molecule has 2 N–H and O–H groups in total. The molecule has 7 heteroatoms. The second-order valence-corrected chi connectivity index (χ2v) is 7.98. The molecule has 0 fully saturated rings. The van der Waals surface area contributed by atoms with Crippen molar-refractivity contribution in [3.63, 3.8) is 0 Å². The summed E-state index contributed by atoms with van der Waals surface area (Å²) in [5, 5.41) is 4.40. The Balaban J connectivity index is 1.85. The number of fused-ring (bicyclic) bond motifs is 1. The van der Waals surface area contributed by atoms with E-state index < -0.39 is 5.60 Å². The third-order valence-electron chi connectivity index (χ3n) is 4.68. The number of amides is 1. The Bertz CT molecular complexity index is 909. The van der Waals surface area contributed by atoms with E-state index in [0.29, 0.717) is 30.0 Å². The Labute approximate surface area is 159 Å². The van der Waals surface area contributed by atoms with E-state index >= 15 is 0 Å². The van der Waals surface area contributed by atoms with E-state index in [1.54, 1.807) is 11.0 Å². The van der Waals surface area contributed by atoms with Crippen molar-refractivity contribution in [2.45, 2.75) is 53.2 Å². The van der Waals surface area contributed by atoms with E-state index in [0.717, 1.165) is 16.7 Å². The van der Waals surface area contributed by atoms with Gasteiger partial charge < -0.3 is 15.4 Å². The van der Waals surface area contributed by atoms with Crippen LogP contribution in [0.3, 0.4) is 0 Å². The lowest BCUT2D eigenvalue weighted by Crippen LogP contribution is -2.39. The van der Waals surface area contributed by atoms with Gasteiger partial charge in [0.1, 0.15) is 11.4 Å². The monoisotopic (exact) mass is 370 g/mol. The lowest BCUT2D eigenvalue weighted by molar-refractivity contribution is 0.0221. The van der Waals surface area contributed by atoms with Crippen LogP contribution in [0.2, 0.25) is 0 Å². The maximum Gasteiger partial charge on any atom is 0.410 e. The minimum Gasteiger partial charge on any atom is -0.444 e. The molecular weight excluding hydrogens is 344 g/mol. The summed E-state index contributed by atoms with van der Waals surface area (Å²) in [7, 11) is 0. The van der Waals surface area contributed by atoms with Crippen LogP contribution < -0.4 is 5.73 Å². The van der Waals surface area contributed by atoms with Crippen LogP contribution in [0.1, 0.15) is 53.5 Å². The molecule has 0 bridgehead atoms. The van der Waals surface area contributed by atoms with Crippen LogP contribution in [0.15, 0.2) is 18.2 Å². The molecular formula is C20H26N4O3. The van der Waals surface area contributed by atoms with Gasteiger partial charge in [-0.2, -0.15) is 9.78 Å². The standard InChI is InChI=1S/C20H26N4O3/c1-12-6-7-14(10-13(12)2)18(25)24-17(21)15-8-9-23(11-16(15)22-24)19(26)27-20(3,4)5/h6-7,10H,8-9,11,21H2,1-5H3. The lowest BCUT2D eigenvalue weighted by Gasteiger charge is -2.29. The Morgan fingerprint density at radius 3 is 2.52 bits per heavy atom. The van der Waals surface area contributed by atoms with Crippen LogP contribution in [-0.2, 0) is 17.7 Å². The highest BCUT2D eigenvalue weighted by molar-refractivity contribution is 5.97. The number of anilines is 1. The van der Waals surface area contributed by atoms with Gasteiger partial charge in [0.25, 0.3) is 5.91 Å². The normalized spacial score (nSPS) is 14.0. The lowest BCUT2D eigenvalue weighted by atomic mass is 10.1. The Kier molecular flexibility index (Phi) is 4.71. The molecule has 27 heavy (non-hydrogen) atoms. The van der Waals surface area contributed by atoms with Gasteiger partial charge in [0, 0.05) is 17.7 Å². The summed E-state index contributed by atoms with van der Waals surface area (Å²) in [5.41, 5.74) is 9.79. The van der Waals surface area contributed by atoms with Crippen LogP contribution in [-0.4, -0.2) is 38.8 Å². The summed E-state index contributed by atoms with van der Waals surface area (Å²) >= 11 is 0. The largest absolute Gasteiger partial charge is 0.444 e. The zero-order valence-corrected chi connectivity index (χ0v) is 16.5. The van der Waals surface area contributed by atoms with Crippen LogP contribution >= 0.6 is 0 Å². The number of carbonyl (C=O) groups is 2. The van der Waals surface area contributed by atoms with E-state index in [4.69, 9.17) is 10.5 Å². The van der Waals surface area contributed by atoms with Gasteiger partial charge in [-0.3, -0.25) is 4.79 Å². The molecule has 3 rings (SSSR count). The molecule has 0 unspecified atom stereocenters. The predicted octanol–water partition coefficient (Wildman–Crippen LogP) is 3.06. The van der Waals surface area contributed by atoms with Gasteiger partial charge in [-0.15, -0.1) is 0 Å². The van der Waals surface area contributed by atoms with Gasteiger partial charge in [-0.25, -0.2) is 4.79 Å². The molecule has 0 saturated heterocycles. The van der Waals surface area contributed by atoms with Crippen molar-refractivity contribution in [1.29, 1.82) is 0 Å². The number of aryl methyl sites for hydroxylation is 2. The number of aromatic nitrogens is 2. The highest BCUT2D eigenvalue weighted by atomic mass is 16.6. The summed E-state index contributed by atoms with van der Waals surface area (Å²) in [6, 6.07) is 5.52. The van der Waals surface area contributed by atoms with Crippen molar-refractivity contribution in [3.8, 4) is 0 Å². The van der Waals surface area contributed by atoms with Crippen LogP contribution in [0.25, 0.3) is 0 Å². The van der Waals surface area contributed by atoms with Gasteiger partial charge in [-0.1, -0.05) is 6.07 Å². The molecule has 1 aliphatic rings. The number of nitrogens with two attached hydrogens (primary N) is 1. The minimum atomic E-state index is -0.561. The van der Waals surface area contributed by atoms with Crippen molar-refractivity contribution in [2.24, 2.45) is 0 Å². The van der Waals surface area contributed by atoms with Crippen molar-refractivity contribution in [2.75, 3.05) is 12.3 Å². The molecule has 0 spiro atoms. The molecule has 144 valence electrons. The summed E-state index contributed by atoms with van der Waals surface area (Å²) < 4.78 is 6.67. The molecule has 1 aromatic carbocycles. The number of carbonyl (C=O) groups excluding carboxylic acids is 2. The van der Waals surface area contributed by atoms with E-state index in [1.165, 1.54) is 4.68 Å². The SMILES string of the molecule is Cc1ccc(C(=O)n2nc3c(c2N)CCN(C(=O)OC(C)(C)C)C3)cc1C. The molecule has 0 aliphatic carbocycles. The smallest absolute Gasteiger partial charge is 0.410 e. The predicted molar refractivity (Wildman–Crippen MR) is 103 cm³/mol. The molecule has 1 aromatic heterocycles. The third-order valence-corrected chi connectivity index (χ3v) is 4.68. The summed E-state index contributed by atoms with van der Waals surface area (Å²) in [4.78, 5) is 26.8. The number of hydrogen-bond donors (Lipinski definition) is 1. The number of benzene rings is 1. The Hall–Kier alpha value is -2.83. The van der Waals surface area contributed by atoms with Gasteiger partial charge >= 0.3 is 6.09 Å². The number of nitrogen functional groups attached to an aromatic ring is 1. The van der Waals surface area contributed by atoms with Crippen molar-refractivity contribution < 1.29 is 14.3 Å². The van der Waals surface area contributed by atoms with Crippen molar-refractivity contribution in [3.05, 3.63) is 46.1 Å². The van der Waals surface area contributed by atoms with Crippen LogP contribution in [0.5, 0.6) is 0 Å². The Morgan fingerprint density at radius 1 is 1.19 bits per heavy atom. The molecule has 1 aliphatic heterocycles. The van der Waals surface area contributed by atoms with Gasteiger partial charge in [0.2, 0.25) is 0 Å². The number of rotatable bonds is 1. The highest BCUT2D eigenvalue weighted by Gasteiger charge is 2.30. The van der Waals surface area contributed by atoms with Gasteiger partial charge in [0.15, 0.2) is 0 Å². The topological polar surface area (TPSA) is 90.5 Å². The zero-order valence-electron chi connectivity index (χ0n) is 16.5. The average molecular weight is 370 g/mol. The molecule has 2 heterocycles. The second kappa shape index (κ2) is 6.72. The van der Waals surface area contributed by atoms with Crippen molar-refractivity contribution in [1.82, 2.24) is 14.7 Å². The molecule has 0 atom stereocenters. The number of hydrogen-bond acceptors (Lipinski definition) is 5. The molecule has 1 amide bonds. The van der Waals surface area contributed by atoms with Gasteiger partial charge in [-0.05, 0) is 64.3 Å². The Morgan fingerprint density at radius 2 is 1.89 bits per heavy atom. The first kappa shape index (κ1) is 18.9. The van der Waals surface area contributed by atoms with Crippen LogP contribution in [0.4, 0.5) is 10.6 Å². The fraction of sp³-hybridized carbons (Fsp3) is 0.450. The quantitative estimate of drug-likeness (QED) is 0.833. The fourth-order valence-corrected chi connectivity index (χ4v) is 3.05. The molecule has 0 radical (unpaired) electrons.